The van der Waals surface area contributed by atoms with Gasteiger partial charge >= 0.3 is 6.18 Å². The number of rotatable bonds is 11. The zero-order valence-corrected chi connectivity index (χ0v) is 45.2. The monoisotopic (exact) mass is 1130 g/mol. The fourth-order valence-electron chi connectivity index (χ4n) is 9.58. The number of nitriles is 1. The average Bonchev–Trinajstić information content (AvgIpc) is 3.49. The molecule has 0 bridgehead atoms. The standard InChI is InChI=1S/C21H21F3N2O.C20H20ClN3O3.C20H18ClN3O2/c1-2-20(27)26-13-11-25(12-14-26)15-16-7-9-17(10-8-16)18-5-3-4-6-19(18)21(22,23)24;1-2-19(26)24-9-7-23(8-10-24)18-6-3-13(11-16(18)20(22)27)15-12-14(25)4-5-17(15)21;1-2-20(26)24-9-7-23(8-10-24)15-3-5-17(14(11-15)13-22)18-12-16(25)4-6-19(18)21/h2-10H,1,11-15H2;2-6,11-12,25H,1,7-10H2,(H2,22,27);2-6,11-12,25H,1,7-10H2. The number of piperazine rings is 3. The van der Waals surface area contributed by atoms with Crippen LogP contribution in [0.3, 0.4) is 0 Å². The number of anilines is 2. The number of alkyl halides is 3. The van der Waals surface area contributed by atoms with Crippen molar-refractivity contribution in [3.05, 3.63) is 192 Å². The van der Waals surface area contributed by atoms with Gasteiger partial charge in [-0.2, -0.15) is 18.4 Å². The second-order valence-corrected chi connectivity index (χ2v) is 19.7. The third kappa shape index (κ3) is 14.8. The van der Waals surface area contributed by atoms with E-state index < -0.39 is 17.6 Å². The highest BCUT2D eigenvalue weighted by Crippen LogP contribution is 2.39. The number of nitrogens with two attached hydrogens (primary N) is 1. The number of phenols is 2. The lowest BCUT2D eigenvalue weighted by molar-refractivity contribution is -0.137. The maximum Gasteiger partial charge on any atom is 0.417 e. The topological polar surface area (TPSA) is 178 Å². The Hall–Kier alpha value is -8.56. The zero-order valence-electron chi connectivity index (χ0n) is 43.7. The summed E-state index contributed by atoms with van der Waals surface area (Å²) in [5, 5.41) is 30.0. The molecule has 6 aromatic rings. The van der Waals surface area contributed by atoms with E-state index in [1.54, 1.807) is 63.2 Å². The second-order valence-electron chi connectivity index (χ2n) is 18.8. The summed E-state index contributed by atoms with van der Waals surface area (Å²) in [6.45, 7) is 19.0. The van der Waals surface area contributed by atoms with Gasteiger partial charge in [0.05, 0.1) is 22.8 Å². The normalized spacial score (nSPS) is 14.6. The minimum atomic E-state index is -4.38. The van der Waals surface area contributed by atoms with Crippen LogP contribution in [0.25, 0.3) is 33.4 Å². The van der Waals surface area contributed by atoms with Crippen molar-refractivity contribution >= 4 is 58.2 Å². The van der Waals surface area contributed by atoms with E-state index in [1.165, 1.54) is 42.5 Å². The molecule has 0 atom stereocenters. The van der Waals surface area contributed by atoms with E-state index >= 15 is 0 Å². The Bertz CT molecular complexity index is 3310. The molecule has 0 unspecified atom stereocenters. The minimum Gasteiger partial charge on any atom is -0.508 e. The molecule has 3 heterocycles. The molecule has 0 spiro atoms. The quantitative estimate of drug-likeness (QED) is 0.106. The van der Waals surface area contributed by atoms with Gasteiger partial charge in [-0.15, -0.1) is 0 Å². The molecule has 4 N–H and O–H groups in total. The highest BCUT2D eigenvalue weighted by molar-refractivity contribution is 6.34. The van der Waals surface area contributed by atoms with Gasteiger partial charge in [0, 0.05) is 123 Å². The van der Waals surface area contributed by atoms with Crippen molar-refractivity contribution in [1.82, 2.24) is 19.6 Å². The van der Waals surface area contributed by atoms with Crippen LogP contribution in [0.5, 0.6) is 11.5 Å². The van der Waals surface area contributed by atoms with E-state index in [-0.39, 0.29) is 34.8 Å². The van der Waals surface area contributed by atoms with E-state index in [0.717, 1.165) is 30.4 Å². The summed E-state index contributed by atoms with van der Waals surface area (Å²) in [6, 6.07) is 35.3. The number of amides is 4. The first-order valence-corrected chi connectivity index (χ1v) is 26.3. The highest BCUT2D eigenvalue weighted by atomic mass is 35.5. The molecule has 3 fully saturated rings. The summed E-state index contributed by atoms with van der Waals surface area (Å²) in [5.74, 6) is -0.576. The van der Waals surface area contributed by atoms with Gasteiger partial charge < -0.3 is 40.4 Å². The number of carbonyl (C=O) groups excluding carboxylic acids is 4. The summed E-state index contributed by atoms with van der Waals surface area (Å²) >= 11 is 12.5. The van der Waals surface area contributed by atoms with Crippen LogP contribution in [0.1, 0.15) is 27.0 Å². The lowest BCUT2D eigenvalue weighted by Gasteiger charge is -2.36. The van der Waals surface area contributed by atoms with Crippen LogP contribution >= 0.6 is 23.2 Å². The Morgan fingerprint density at radius 3 is 1.60 bits per heavy atom. The minimum absolute atomic E-state index is 0.0534. The molecule has 4 amide bonds. The molecule has 14 nitrogen and oxygen atoms in total. The summed E-state index contributed by atoms with van der Waals surface area (Å²) in [5.41, 5.74) is 11.9. The molecule has 0 radical (unpaired) electrons. The van der Waals surface area contributed by atoms with E-state index in [4.69, 9.17) is 28.9 Å². The van der Waals surface area contributed by atoms with Crippen LogP contribution in [0.4, 0.5) is 24.5 Å². The number of phenolic OH excluding ortho intramolecular Hbond substituents is 2. The predicted molar refractivity (Wildman–Crippen MR) is 307 cm³/mol. The van der Waals surface area contributed by atoms with Crippen molar-refractivity contribution in [1.29, 1.82) is 5.26 Å². The van der Waals surface area contributed by atoms with E-state index in [9.17, 15) is 47.8 Å². The third-order valence-electron chi connectivity index (χ3n) is 13.9. The number of nitrogens with zero attached hydrogens (tertiary/aromatic N) is 7. The predicted octanol–water partition coefficient (Wildman–Crippen LogP) is 10.3. The SMILES string of the molecule is C=CC(=O)N1CCN(Cc2ccc(-c3ccccc3C(F)(F)F)cc2)CC1.C=CC(=O)N1CCN(c2ccc(-c3cc(O)ccc3Cl)c(C#N)c2)CC1.C=CC(=O)N1CCN(c2ccc(-c3cc(O)ccc3Cl)cc2C(N)=O)CC1. The van der Waals surface area contributed by atoms with Crippen molar-refractivity contribution in [2.75, 3.05) is 88.3 Å². The molecule has 3 saturated heterocycles. The van der Waals surface area contributed by atoms with Crippen LogP contribution in [0.15, 0.2) is 159 Å². The molecule has 414 valence electrons. The van der Waals surface area contributed by atoms with Crippen LogP contribution in [0, 0.1) is 11.3 Å². The Balaban J connectivity index is 0.000000173. The molecule has 80 heavy (non-hydrogen) atoms. The highest BCUT2D eigenvalue weighted by Gasteiger charge is 2.33. The molecule has 3 aliphatic rings. The summed E-state index contributed by atoms with van der Waals surface area (Å²) < 4.78 is 39.6. The number of hydrogen-bond donors (Lipinski definition) is 3. The maximum atomic E-state index is 13.2. The summed E-state index contributed by atoms with van der Waals surface area (Å²) in [7, 11) is 0. The first-order valence-electron chi connectivity index (χ1n) is 25.5. The first kappa shape index (κ1) is 59.1. The van der Waals surface area contributed by atoms with Crippen LogP contribution in [-0.2, 0) is 27.1 Å². The second kappa shape index (κ2) is 26.9. The molecule has 19 heteroatoms. The van der Waals surface area contributed by atoms with Crippen molar-refractivity contribution in [3.63, 3.8) is 0 Å². The fourth-order valence-corrected chi connectivity index (χ4v) is 10.0. The van der Waals surface area contributed by atoms with Gasteiger partial charge in [0.1, 0.15) is 11.5 Å². The lowest BCUT2D eigenvalue weighted by Crippen LogP contribution is -2.48. The Kier molecular flexibility index (Phi) is 19.8. The smallest absolute Gasteiger partial charge is 0.417 e. The Labute approximate surface area is 472 Å². The molecule has 9 rings (SSSR count). The molecular formula is C61H59Cl2F3N8O6. The van der Waals surface area contributed by atoms with Gasteiger partial charge in [0.2, 0.25) is 17.7 Å². The Morgan fingerprint density at radius 1 is 0.575 bits per heavy atom. The van der Waals surface area contributed by atoms with Crippen molar-refractivity contribution < 1.29 is 42.6 Å². The van der Waals surface area contributed by atoms with Gasteiger partial charge in [0.25, 0.3) is 5.91 Å². The van der Waals surface area contributed by atoms with E-state index in [1.807, 2.05) is 47.4 Å². The number of aromatic hydroxyl groups is 2. The van der Waals surface area contributed by atoms with Gasteiger partial charge in [0.15, 0.2) is 0 Å². The van der Waals surface area contributed by atoms with Gasteiger partial charge in [-0.25, -0.2) is 0 Å². The average molecular weight is 1130 g/mol. The van der Waals surface area contributed by atoms with Gasteiger partial charge in [-0.1, -0.05) is 97.5 Å². The molecule has 0 aromatic heterocycles. The molecular weight excluding hydrogens is 1070 g/mol. The lowest BCUT2D eigenvalue weighted by atomic mass is 9.98. The Morgan fingerprint density at radius 2 is 1.07 bits per heavy atom. The largest absolute Gasteiger partial charge is 0.508 e. The van der Waals surface area contributed by atoms with Crippen molar-refractivity contribution in [2.45, 2.75) is 12.7 Å². The third-order valence-corrected chi connectivity index (χ3v) is 14.5. The summed E-state index contributed by atoms with van der Waals surface area (Å²) in [6.07, 6.45) is -0.416. The fraction of sp³-hybridized carbons (Fsp3) is 0.230. The molecule has 0 aliphatic carbocycles. The van der Waals surface area contributed by atoms with E-state index in [2.05, 4.69) is 35.6 Å². The summed E-state index contributed by atoms with van der Waals surface area (Å²) in [4.78, 5) is 58.7. The van der Waals surface area contributed by atoms with Crippen LogP contribution in [-0.4, -0.2) is 132 Å². The first-order chi connectivity index (χ1) is 38.3. The zero-order chi connectivity index (χ0) is 57.7. The van der Waals surface area contributed by atoms with E-state index in [0.29, 0.717) is 127 Å². The number of halogens is 5. The number of carbonyl (C=O) groups is 4. The van der Waals surface area contributed by atoms with Crippen LogP contribution in [0.2, 0.25) is 10.0 Å². The number of hydrogen-bond acceptors (Lipinski definition) is 10. The molecule has 3 aliphatic heterocycles. The maximum absolute atomic E-state index is 13.2. The number of primary amides is 1. The van der Waals surface area contributed by atoms with Gasteiger partial charge in [-0.05, 0) is 107 Å². The van der Waals surface area contributed by atoms with Crippen molar-refractivity contribution in [2.24, 2.45) is 5.73 Å². The van der Waals surface area contributed by atoms with Crippen LogP contribution < -0.4 is 15.5 Å². The van der Waals surface area contributed by atoms with Gasteiger partial charge in [-0.3, -0.25) is 24.1 Å². The molecule has 0 saturated carbocycles. The van der Waals surface area contributed by atoms with Crippen molar-refractivity contribution in [3.8, 4) is 50.9 Å². The number of benzene rings is 6. The molecule has 6 aromatic carbocycles.